The van der Waals surface area contributed by atoms with Gasteiger partial charge in [0.1, 0.15) is 11.6 Å². The van der Waals surface area contributed by atoms with E-state index in [-0.39, 0.29) is 17.9 Å². The Bertz CT molecular complexity index is 996. The topological polar surface area (TPSA) is 67.4 Å². The Morgan fingerprint density at radius 2 is 1.64 bits per heavy atom. The Balaban J connectivity index is 1.68. The summed E-state index contributed by atoms with van der Waals surface area (Å²) in [4.78, 5) is 24.6. The number of halogens is 2. The molecule has 28 heavy (non-hydrogen) atoms. The van der Waals surface area contributed by atoms with Crippen LogP contribution in [0.2, 0.25) is 5.02 Å². The van der Waals surface area contributed by atoms with E-state index in [2.05, 4.69) is 10.6 Å². The number of nitrogens with one attached hydrogen (secondary N) is 2. The van der Waals surface area contributed by atoms with Gasteiger partial charge in [-0.3, -0.25) is 9.59 Å². The lowest BCUT2D eigenvalue weighted by molar-refractivity contribution is -0.118. The van der Waals surface area contributed by atoms with Crippen LogP contribution in [0.1, 0.15) is 10.4 Å². The summed E-state index contributed by atoms with van der Waals surface area (Å²) in [6.07, 6.45) is 0. The molecule has 3 aromatic rings. The summed E-state index contributed by atoms with van der Waals surface area (Å²) < 4.78 is 18.7. The zero-order chi connectivity index (χ0) is 19.9. The van der Waals surface area contributed by atoms with Gasteiger partial charge in [-0.05, 0) is 48.5 Å². The number of amides is 2. The van der Waals surface area contributed by atoms with E-state index < -0.39 is 17.6 Å². The molecule has 0 heterocycles. The first-order valence-corrected chi connectivity index (χ1v) is 8.73. The van der Waals surface area contributed by atoms with Crippen molar-refractivity contribution in [3.8, 4) is 5.75 Å². The van der Waals surface area contributed by atoms with Crippen molar-refractivity contribution < 1.29 is 18.7 Å². The fourth-order valence-corrected chi connectivity index (χ4v) is 2.60. The number of rotatable bonds is 6. The van der Waals surface area contributed by atoms with Crippen LogP contribution in [0.5, 0.6) is 5.75 Å². The second-order valence-electron chi connectivity index (χ2n) is 5.81. The highest BCUT2D eigenvalue weighted by atomic mass is 35.5. The second kappa shape index (κ2) is 9.01. The van der Waals surface area contributed by atoms with E-state index in [9.17, 15) is 14.0 Å². The Morgan fingerprint density at radius 3 is 2.39 bits per heavy atom. The molecule has 7 heteroatoms. The molecule has 0 aliphatic heterocycles. The third kappa shape index (κ3) is 5.31. The molecule has 0 saturated carbocycles. The van der Waals surface area contributed by atoms with Crippen LogP contribution in [-0.4, -0.2) is 18.4 Å². The Hall–Kier alpha value is -3.38. The summed E-state index contributed by atoms with van der Waals surface area (Å²) in [5.41, 5.74) is 1.11. The summed E-state index contributed by atoms with van der Waals surface area (Å²) >= 11 is 6.00. The van der Waals surface area contributed by atoms with Crippen molar-refractivity contribution in [1.29, 1.82) is 0 Å². The lowest BCUT2D eigenvalue weighted by Gasteiger charge is -2.12. The van der Waals surface area contributed by atoms with Crippen molar-refractivity contribution in [2.24, 2.45) is 0 Å². The van der Waals surface area contributed by atoms with Gasteiger partial charge in [0, 0.05) is 16.4 Å². The predicted molar refractivity (Wildman–Crippen MR) is 106 cm³/mol. The molecule has 0 fully saturated rings. The quantitative estimate of drug-likeness (QED) is 0.629. The molecule has 142 valence electrons. The third-order valence-electron chi connectivity index (χ3n) is 3.69. The number of para-hydroxylation sites is 1. The number of anilines is 2. The molecule has 0 bridgehead atoms. The summed E-state index contributed by atoms with van der Waals surface area (Å²) in [5, 5.41) is 5.62. The molecule has 5 nitrogen and oxygen atoms in total. The zero-order valence-corrected chi connectivity index (χ0v) is 15.4. The van der Waals surface area contributed by atoms with Crippen LogP contribution in [0.25, 0.3) is 0 Å². The highest BCUT2D eigenvalue weighted by molar-refractivity contribution is 6.31. The van der Waals surface area contributed by atoms with E-state index in [1.807, 2.05) is 6.07 Å². The first-order chi connectivity index (χ1) is 13.5. The highest BCUT2D eigenvalue weighted by Crippen LogP contribution is 2.24. The van der Waals surface area contributed by atoms with Crippen molar-refractivity contribution in [2.45, 2.75) is 0 Å². The molecular weight excluding hydrogens is 383 g/mol. The van der Waals surface area contributed by atoms with Gasteiger partial charge in [-0.1, -0.05) is 35.9 Å². The van der Waals surface area contributed by atoms with Gasteiger partial charge in [0.15, 0.2) is 6.61 Å². The minimum absolute atomic E-state index is 0.190. The minimum atomic E-state index is -0.491. The SMILES string of the molecule is O=C(COc1ccc(Cl)cc1C(=O)Nc1ccccc1)Nc1cccc(F)c1. The van der Waals surface area contributed by atoms with Crippen LogP contribution in [0.15, 0.2) is 72.8 Å². The average Bonchev–Trinajstić information content (AvgIpc) is 2.68. The van der Waals surface area contributed by atoms with Crippen LogP contribution >= 0.6 is 11.6 Å². The summed E-state index contributed by atoms with van der Waals surface area (Å²) in [6.45, 7) is -0.357. The number of hydrogen-bond donors (Lipinski definition) is 2. The zero-order valence-electron chi connectivity index (χ0n) is 14.6. The van der Waals surface area contributed by atoms with Crippen LogP contribution < -0.4 is 15.4 Å². The van der Waals surface area contributed by atoms with E-state index >= 15 is 0 Å². The lowest BCUT2D eigenvalue weighted by atomic mass is 10.2. The number of carbonyl (C=O) groups excluding carboxylic acids is 2. The largest absolute Gasteiger partial charge is 0.483 e. The van der Waals surface area contributed by atoms with Crippen molar-refractivity contribution in [1.82, 2.24) is 0 Å². The molecule has 0 unspecified atom stereocenters. The standard InChI is InChI=1S/C21H16ClFN2O3/c22-14-9-10-19(18(11-14)21(27)25-16-6-2-1-3-7-16)28-13-20(26)24-17-8-4-5-15(23)12-17/h1-12H,13H2,(H,24,26)(H,25,27). The number of ether oxygens (including phenoxy) is 1. The summed E-state index contributed by atoms with van der Waals surface area (Å²) in [7, 11) is 0. The van der Waals surface area contributed by atoms with Gasteiger partial charge < -0.3 is 15.4 Å². The van der Waals surface area contributed by atoms with Gasteiger partial charge in [-0.2, -0.15) is 0 Å². The number of hydrogen-bond acceptors (Lipinski definition) is 3. The second-order valence-corrected chi connectivity index (χ2v) is 6.24. The maximum Gasteiger partial charge on any atom is 0.262 e. The van der Waals surface area contributed by atoms with E-state index in [0.717, 1.165) is 0 Å². The monoisotopic (exact) mass is 398 g/mol. The van der Waals surface area contributed by atoms with E-state index in [1.54, 1.807) is 36.4 Å². The van der Waals surface area contributed by atoms with Crippen molar-refractivity contribution >= 4 is 34.8 Å². The molecule has 2 amide bonds. The molecule has 0 spiro atoms. The van der Waals surface area contributed by atoms with Crippen LogP contribution in [0.3, 0.4) is 0 Å². The van der Waals surface area contributed by atoms with Crippen molar-refractivity contribution in [3.63, 3.8) is 0 Å². The average molecular weight is 399 g/mol. The van der Waals surface area contributed by atoms with E-state index in [0.29, 0.717) is 16.4 Å². The minimum Gasteiger partial charge on any atom is -0.483 e. The third-order valence-corrected chi connectivity index (χ3v) is 3.92. The molecule has 3 rings (SSSR count). The van der Waals surface area contributed by atoms with Gasteiger partial charge >= 0.3 is 0 Å². The Kier molecular flexibility index (Phi) is 6.24. The Morgan fingerprint density at radius 1 is 0.893 bits per heavy atom. The molecule has 0 aliphatic rings. The number of carbonyl (C=O) groups is 2. The summed E-state index contributed by atoms with van der Waals surface area (Å²) in [6, 6.07) is 18.9. The fourth-order valence-electron chi connectivity index (χ4n) is 2.43. The maximum absolute atomic E-state index is 13.2. The molecule has 0 aromatic heterocycles. The van der Waals surface area contributed by atoms with Gasteiger partial charge in [-0.25, -0.2) is 4.39 Å². The molecule has 0 radical (unpaired) electrons. The number of benzene rings is 3. The van der Waals surface area contributed by atoms with Gasteiger partial charge in [0.05, 0.1) is 5.56 Å². The van der Waals surface area contributed by atoms with E-state index in [1.165, 1.54) is 30.3 Å². The van der Waals surface area contributed by atoms with E-state index in [4.69, 9.17) is 16.3 Å². The van der Waals surface area contributed by atoms with Crippen LogP contribution in [0.4, 0.5) is 15.8 Å². The molecular formula is C21H16ClFN2O3. The maximum atomic E-state index is 13.2. The Labute approximate surface area is 166 Å². The fraction of sp³-hybridized carbons (Fsp3) is 0.0476. The molecule has 0 saturated heterocycles. The lowest BCUT2D eigenvalue weighted by Crippen LogP contribution is -2.21. The molecule has 0 atom stereocenters. The van der Waals surface area contributed by atoms with Gasteiger partial charge in [0.2, 0.25) is 0 Å². The highest BCUT2D eigenvalue weighted by Gasteiger charge is 2.15. The van der Waals surface area contributed by atoms with Gasteiger partial charge in [-0.15, -0.1) is 0 Å². The van der Waals surface area contributed by atoms with Crippen molar-refractivity contribution in [3.05, 3.63) is 89.2 Å². The molecule has 0 aliphatic carbocycles. The van der Waals surface area contributed by atoms with Gasteiger partial charge in [0.25, 0.3) is 11.8 Å². The van der Waals surface area contributed by atoms with Crippen molar-refractivity contribution in [2.75, 3.05) is 17.2 Å². The molecule has 3 aromatic carbocycles. The normalized spacial score (nSPS) is 10.2. The first kappa shape index (κ1) is 19.4. The first-order valence-electron chi connectivity index (χ1n) is 8.35. The predicted octanol–water partition coefficient (Wildman–Crippen LogP) is 4.75. The molecule has 2 N–H and O–H groups in total. The van der Waals surface area contributed by atoms with Crippen LogP contribution in [-0.2, 0) is 4.79 Å². The summed E-state index contributed by atoms with van der Waals surface area (Å²) in [5.74, 6) is -1.17. The van der Waals surface area contributed by atoms with Crippen LogP contribution in [0, 0.1) is 5.82 Å². The smallest absolute Gasteiger partial charge is 0.262 e.